The van der Waals surface area contributed by atoms with Gasteiger partial charge >= 0.3 is 0 Å². The number of carbonyl (C=O) groups excluding carboxylic acids is 1. The molecule has 1 amide bonds. The fraction of sp³-hybridized carbons (Fsp3) is 0.500. The minimum Gasteiger partial charge on any atom is -0.395 e. The van der Waals surface area contributed by atoms with Gasteiger partial charge in [0, 0.05) is 18.7 Å². The molecule has 0 aromatic heterocycles. The van der Waals surface area contributed by atoms with Crippen molar-refractivity contribution in [3.63, 3.8) is 0 Å². The summed E-state index contributed by atoms with van der Waals surface area (Å²) in [6.07, 6.45) is -1.70. The largest absolute Gasteiger partial charge is 0.395 e. The maximum absolute atomic E-state index is 12.5. The minimum atomic E-state index is -2.61. The number of carbonyl (C=O) groups is 1. The van der Waals surface area contributed by atoms with Gasteiger partial charge in [0.1, 0.15) is 0 Å². The fourth-order valence-electron chi connectivity index (χ4n) is 2.36. The molecule has 1 aliphatic heterocycles. The van der Waals surface area contributed by atoms with Crippen LogP contribution in [0.5, 0.6) is 0 Å². The number of benzene rings is 1. The number of aliphatic hydroxyl groups excluding tert-OH is 1. The van der Waals surface area contributed by atoms with Gasteiger partial charge in [0.2, 0.25) is 0 Å². The number of rotatable bonds is 5. The summed E-state index contributed by atoms with van der Waals surface area (Å²) < 4.78 is 24.9. The molecule has 0 saturated carbocycles. The molecule has 0 atom stereocenters. The van der Waals surface area contributed by atoms with Gasteiger partial charge in [0.25, 0.3) is 12.3 Å². The Morgan fingerprint density at radius 2 is 2.20 bits per heavy atom. The second kappa shape index (κ2) is 6.76. The topological polar surface area (TPSA) is 52.6 Å². The molecule has 0 fully saturated rings. The zero-order chi connectivity index (χ0) is 14.5. The Labute approximate surface area is 116 Å². The van der Waals surface area contributed by atoms with E-state index in [9.17, 15) is 13.6 Å². The molecule has 1 aromatic rings. The average molecular weight is 284 g/mol. The summed E-state index contributed by atoms with van der Waals surface area (Å²) in [6, 6.07) is 5.30. The highest BCUT2D eigenvalue weighted by Gasteiger charge is 2.20. The molecule has 0 bridgehead atoms. The van der Waals surface area contributed by atoms with E-state index in [4.69, 9.17) is 5.11 Å². The van der Waals surface area contributed by atoms with Crippen molar-refractivity contribution < 1.29 is 18.7 Å². The van der Waals surface area contributed by atoms with Crippen LogP contribution in [0.2, 0.25) is 0 Å². The number of hydrogen-bond donors (Lipinski definition) is 2. The maximum atomic E-state index is 12.5. The van der Waals surface area contributed by atoms with Crippen molar-refractivity contribution in [2.24, 2.45) is 0 Å². The summed E-state index contributed by atoms with van der Waals surface area (Å²) in [5.41, 5.74) is 2.60. The molecule has 110 valence electrons. The van der Waals surface area contributed by atoms with E-state index in [2.05, 4.69) is 5.32 Å². The van der Waals surface area contributed by atoms with Crippen LogP contribution in [0.4, 0.5) is 8.78 Å². The molecular formula is C14H18F2N2O2. The van der Waals surface area contributed by atoms with Crippen molar-refractivity contribution >= 4 is 5.91 Å². The highest BCUT2D eigenvalue weighted by molar-refractivity contribution is 5.94. The summed E-state index contributed by atoms with van der Waals surface area (Å²) >= 11 is 0. The van der Waals surface area contributed by atoms with Gasteiger partial charge in [-0.1, -0.05) is 6.07 Å². The normalized spacial score (nSPS) is 14.2. The molecule has 2 N–H and O–H groups in total. The summed E-state index contributed by atoms with van der Waals surface area (Å²) in [4.78, 5) is 13.2. The molecule has 0 radical (unpaired) electrons. The molecule has 1 aliphatic rings. The molecule has 0 saturated heterocycles. The minimum absolute atomic E-state index is 0.0848. The van der Waals surface area contributed by atoms with Gasteiger partial charge in [-0.25, -0.2) is 8.78 Å². The van der Waals surface area contributed by atoms with Crippen molar-refractivity contribution in [3.8, 4) is 0 Å². The van der Waals surface area contributed by atoms with Gasteiger partial charge in [-0.05, 0) is 36.2 Å². The molecular weight excluding hydrogens is 266 g/mol. The number of aliphatic hydroxyl groups is 1. The third-order valence-corrected chi connectivity index (χ3v) is 3.36. The van der Waals surface area contributed by atoms with E-state index in [1.165, 1.54) is 5.56 Å². The van der Waals surface area contributed by atoms with E-state index in [0.29, 0.717) is 12.1 Å². The zero-order valence-electron chi connectivity index (χ0n) is 11.1. The number of fused-ring (bicyclic) bond motifs is 1. The predicted molar refractivity (Wildman–Crippen MR) is 70.8 cm³/mol. The summed E-state index contributed by atoms with van der Waals surface area (Å²) in [6.45, 7) is 0.520. The molecule has 0 spiro atoms. The van der Waals surface area contributed by atoms with Crippen LogP contribution in [0.25, 0.3) is 0 Å². The Balaban J connectivity index is 2.17. The Kier molecular flexibility index (Phi) is 5.03. The first kappa shape index (κ1) is 14.9. The van der Waals surface area contributed by atoms with Gasteiger partial charge in [-0.3, -0.25) is 4.79 Å². The SMILES string of the molecule is O=C(c1ccc2c(c1)CNCC2)N(CCO)CC(F)F. The first-order valence-electron chi connectivity index (χ1n) is 6.62. The Morgan fingerprint density at radius 3 is 2.90 bits per heavy atom. The standard InChI is InChI=1S/C14H18F2N2O2/c15-13(16)9-18(5-6-19)14(20)11-2-1-10-3-4-17-8-12(10)7-11/h1-2,7,13,17,19H,3-6,8-9H2. The lowest BCUT2D eigenvalue weighted by Crippen LogP contribution is -2.37. The van der Waals surface area contributed by atoms with Crippen molar-refractivity contribution in [3.05, 3.63) is 34.9 Å². The third-order valence-electron chi connectivity index (χ3n) is 3.36. The number of amides is 1. The highest BCUT2D eigenvalue weighted by Crippen LogP contribution is 2.17. The molecule has 20 heavy (non-hydrogen) atoms. The van der Waals surface area contributed by atoms with Gasteiger partial charge in [-0.15, -0.1) is 0 Å². The summed E-state index contributed by atoms with van der Waals surface area (Å²) in [7, 11) is 0. The monoisotopic (exact) mass is 284 g/mol. The van der Waals surface area contributed by atoms with E-state index >= 15 is 0 Å². The van der Waals surface area contributed by atoms with E-state index < -0.39 is 18.9 Å². The number of nitrogens with zero attached hydrogens (tertiary/aromatic N) is 1. The summed E-state index contributed by atoms with van der Waals surface area (Å²) in [5, 5.41) is 12.1. The van der Waals surface area contributed by atoms with Crippen molar-refractivity contribution in [1.29, 1.82) is 0 Å². The summed E-state index contributed by atoms with van der Waals surface area (Å²) in [5.74, 6) is -0.465. The number of nitrogens with one attached hydrogen (secondary N) is 1. The lowest BCUT2D eigenvalue weighted by Gasteiger charge is -2.23. The van der Waals surface area contributed by atoms with Crippen LogP contribution in [-0.2, 0) is 13.0 Å². The van der Waals surface area contributed by atoms with Gasteiger partial charge in [0.05, 0.1) is 13.2 Å². The van der Waals surface area contributed by atoms with Crippen LogP contribution in [0.15, 0.2) is 18.2 Å². The second-order valence-corrected chi connectivity index (χ2v) is 4.78. The smallest absolute Gasteiger partial charge is 0.255 e. The highest BCUT2D eigenvalue weighted by atomic mass is 19.3. The van der Waals surface area contributed by atoms with Crippen LogP contribution < -0.4 is 5.32 Å². The lowest BCUT2D eigenvalue weighted by molar-refractivity contribution is 0.0509. The Morgan fingerprint density at radius 1 is 1.40 bits per heavy atom. The van der Waals surface area contributed by atoms with Crippen LogP contribution in [0.3, 0.4) is 0 Å². The fourth-order valence-corrected chi connectivity index (χ4v) is 2.36. The molecule has 1 aromatic carbocycles. The van der Waals surface area contributed by atoms with E-state index in [1.807, 2.05) is 6.07 Å². The first-order chi connectivity index (χ1) is 9.61. The molecule has 0 aliphatic carbocycles. The van der Waals surface area contributed by atoms with Crippen molar-refractivity contribution in [2.75, 3.05) is 26.2 Å². The predicted octanol–water partition coefficient (Wildman–Crippen LogP) is 1.03. The third kappa shape index (κ3) is 3.52. The zero-order valence-corrected chi connectivity index (χ0v) is 11.1. The Bertz CT molecular complexity index is 480. The van der Waals surface area contributed by atoms with Crippen molar-refractivity contribution in [2.45, 2.75) is 19.4 Å². The second-order valence-electron chi connectivity index (χ2n) is 4.78. The molecule has 4 nitrogen and oxygen atoms in total. The number of halogens is 2. The number of alkyl halides is 2. The van der Waals surface area contributed by atoms with Gasteiger partial charge in [-0.2, -0.15) is 0 Å². The lowest BCUT2D eigenvalue weighted by atomic mass is 9.98. The van der Waals surface area contributed by atoms with E-state index in [-0.39, 0.29) is 13.2 Å². The molecule has 1 heterocycles. The van der Waals surface area contributed by atoms with Crippen LogP contribution in [0, 0.1) is 0 Å². The van der Waals surface area contributed by atoms with Crippen LogP contribution >= 0.6 is 0 Å². The van der Waals surface area contributed by atoms with E-state index in [1.54, 1.807) is 12.1 Å². The van der Waals surface area contributed by atoms with Crippen LogP contribution in [0.1, 0.15) is 21.5 Å². The van der Waals surface area contributed by atoms with E-state index in [0.717, 1.165) is 23.4 Å². The average Bonchev–Trinajstić information content (AvgIpc) is 2.45. The first-order valence-corrected chi connectivity index (χ1v) is 6.62. The van der Waals surface area contributed by atoms with Crippen molar-refractivity contribution in [1.82, 2.24) is 10.2 Å². The Hall–Kier alpha value is -1.53. The van der Waals surface area contributed by atoms with Crippen LogP contribution in [-0.4, -0.2) is 48.6 Å². The quantitative estimate of drug-likeness (QED) is 0.849. The molecule has 6 heteroatoms. The number of hydrogen-bond acceptors (Lipinski definition) is 3. The molecule has 2 rings (SSSR count). The van der Waals surface area contributed by atoms with Gasteiger partial charge < -0.3 is 15.3 Å². The van der Waals surface area contributed by atoms with Gasteiger partial charge in [0.15, 0.2) is 0 Å². The molecule has 0 unspecified atom stereocenters. The maximum Gasteiger partial charge on any atom is 0.255 e.